The highest BCUT2D eigenvalue weighted by Gasteiger charge is 2.41. The number of benzene rings is 1. The zero-order chi connectivity index (χ0) is 63.3. The molecule has 1 aromatic carbocycles. The molecule has 2 saturated heterocycles. The maximum atomic E-state index is 14.8. The number of nitrogens with zero attached hydrogens (tertiary/aromatic N) is 2. The van der Waals surface area contributed by atoms with Crippen molar-refractivity contribution in [2.75, 3.05) is 44.2 Å². The first-order chi connectivity index (χ1) is 40.2. The van der Waals surface area contributed by atoms with Gasteiger partial charge in [-0.3, -0.25) is 62.5 Å². The molecule has 3 rings (SSSR count). The summed E-state index contributed by atoms with van der Waals surface area (Å²) in [5, 5.41) is 41.7. The van der Waals surface area contributed by atoms with Gasteiger partial charge in [-0.15, -0.1) is 0 Å². The molecule has 0 aromatic heterocycles. The summed E-state index contributed by atoms with van der Waals surface area (Å²) in [6.07, 6.45) is -0.228. The molecule has 12 amide bonds. The van der Waals surface area contributed by atoms with Crippen molar-refractivity contribution in [2.24, 2.45) is 45.3 Å². The van der Waals surface area contributed by atoms with Crippen LogP contribution in [0.1, 0.15) is 90.0 Å². The van der Waals surface area contributed by atoms with Crippen LogP contribution >= 0.6 is 21.6 Å². The van der Waals surface area contributed by atoms with Gasteiger partial charge in [0.1, 0.15) is 54.1 Å². The molecule has 0 bridgehead atoms. The molecule has 3 unspecified atom stereocenters. The highest BCUT2D eigenvalue weighted by molar-refractivity contribution is 8.76. The van der Waals surface area contributed by atoms with Gasteiger partial charge in [-0.1, -0.05) is 54.0 Å². The number of carbonyl (C=O) groups is 13. The Morgan fingerprint density at radius 2 is 1.36 bits per heavy atom. The number of phenolic OH excluding ortho intramolecular Hbond substituents is 1. The minimum atomic E-state index is -1.82. The number of aliphatic imine (C=N–C) groups is 1. The lowest BCUT2D eigenvalue weighted by atomic mass is 9.96. The Morgan fingerprint density at radius 1 is 0.741 bits per heavy atom. The van der Waals surface area contributed by atoms with Crippen LogP contribution in [0.15, 0.2) is 29.3 Å². The standard InChI is InChI=1S/C51H81N17O15S2/c1-3-26(2)41-48(80)63-31(15-16-37(54)70)44(76)65-34(21-38(55)71)45(77)66-35(25-85-84-24-29(53)42(74)64-33(46(78)67-41)20-27-11-13-28(69)14-12-27)49(81)68-19-7-10-36(68)47(79)62-30(9-6-18-58-51(56)57)43(75)60-22-39(72)59-23-40(73)61-32(50(82)83)8-4-5-17-52/h11-14,26,29-36,41,69H,3-10,15-25,52-53H2,1-2H3,(H2,54,70)(H2,55,71)(H,59,72)(H,60,75)(H,61,73)(H,62,79)(H,63,80)(H,64,74)(H,65,76)(H,66,77)(H,67,78)(H,82,83)(H4,56,57,58)/t26-,29-,30-,31?,32-,33?,34-,35?,36-,41-/m0/s1. The number of hydrogen-bond donors (Lipinski definition) is 17. The van der Waals surface area contributed by atoms with Gasteiger partial charge in [-0.2, -0.15) is 0 Å². The Labute approximate surface area is 498 Å². The molecule has 0 spiro atoms. The number of nitrogens with two attached hydrogens (primary N) is 6. The predicted octanol–water partition coefficient (Wildman–Crippen LogP) is -6.27. The van der Waals surface area contributed by atoms with Gasteiger partial charge in [-0.05, 0) is 81.5 Å². The first-order valence-corrected chi connectivity index (χ1v) is 30.0. The number of carboxylic acid groups (broad SMARTS) is 1. The van der Waals surface area contributed by atoms with E-state index in [1.54, 1.807) is 13.8 Å². The molecule has 34 heteroatoms. The third-order valence-corrected chi connectivity index (χ3v) is 16.0. The van der Waals surface area contributed by atoms with Crippen molar-refractivity contribution in [1.82, 2.24) is 52.8 Å². The Balaban J connectivity index is 1.96. The molecule has 1 aromatic rings. The van der Waals surface area contributed by atoms with Gasteiger partial charge in [0.2, 0.25) is 70.9 Å². The van der Waals surface area contributed by atoms with E-state index in [-0.39, 0.29) is 74.8 Å². The van der Waals surface area contributed by atoms with Crippen molar-refractivity contribution in [3.63, 3.8) is 0 Å². The summed E-state index contributed by atoms with van der Waals surface area (Å²) in [4.78, 5) is 180. The first-order valence-electron chi connectivity index (χ1n) is 27.5. The van der Waals surface area contributed by atoms with Crippen LogP contribution in [0.4, 0.5) is 0 Å². The number of primary amides is 2. The zero-order valence-corrected chi connectivity index (χ0v) is 49.0. The molecule has 2 aliphatic rings. The number of rotatable bonds is 27. The van der Waals surface area contributed by atoms with Crippen LogP contribution in [-0.2, 0) is 68.7 Å². The first kappa shape index (κ1) is 71.3. The SMILES string of the molecule is CC[C@H](C)[C@@H]1NC(=O)C(Cc2ccc(O)cc2)NC(=O)[C@@H](N)CSSCC(C(=O)N2CCC[C@H]2C(=O)N[C@@H](CCCN=C(N)N)C(=O)NCC(=O)NCC(=O)N[C@@H](CCCCN)C(=O)O)NC(=O)[C@H](CC(N)=O)NC(=O)C(CCC(N)=O)NC1=O. The van der Waals surface area contributed by atoms with E-state index in [1.165, 1.54) is 24.3 Å². The topological polar surface area (TPSA) is 542 Å². The van der Waals surface area contributed by atoms with Crippen molar-refractivity contribution in [3.05, 3.63) is 29.8 Å². The third-order valence-electron chi connectivity index (χ3n) is 13.5. The molecule has 85 heavy (non-hydrogen) atoms. The fraction of sp³-hybridized carbons (Fsp3) is 0.608. The van der Waals surface area contributed by atoms with Gasteiger partial charge in [0.15, 0.2) is 5.96 Å². The van der Waals surface area contributed by atoms with E-state index in [0.717, 1.165) is 26.5 Å². The van der Waals surface area contributed by atoms with Crippen molar-refractivity contribution in [1.29, 1.82) is 0 Å². The lowest BCUT2D eigenvalue weighted by Gasteiger charge is -2.31. The molecule has 2 heterocycles. The Hall–Kier alpha value is -7.98. The van der Waals surface area contributed by atoms with Crippen LogP contribution in [0.25, 0.3) is 0 Å². The van der Waals surface area contributed by atoms with Gasteiger partial charge in [0.05, 0.1) is 25.6 Å². The van der Waals surface area contributed by atoms with E-state index in [1.807, 2.05) is 0 Å². The molecule has 2 fully saturated rings. The number of unbranched alkanes of at least 4 members (excludes halogenated alkanes) is 1. The summed E-state index contributed by atoms with van der Waals surface area (Å²) in [6.45, 7) is 2.31. The number of amides is 12. The second-order valence-corrected chi connectivity index (χ2v) is 22.8. The molecule has 472 valence electrons. The van der Waals surface area contributed by atoms with Gasteiger partial charge in [-0.25, -0.2) is 4.79 Å². The molecule has 32 nitrogen and oxygen atoms in total. The van der Waals surface area contributed by atoms with E-state index in [9.17, 15) is 72.5 Å². The number of likely N-dealkylation sites (tertiary alicyclic amines) is 1. The largest absolute Gasteiger partial charge is 0.508 e. The van der Waals surface area contributed by atoms with E-state index >= 15 is 0 Å². The van der Waals surface area contributed by atoms with E-state index in [0.29, 0.717) is 31.4 Å². The van der Waals surface area contributed by atoms with Crippen molar-refractivity contribution in [2.45, 2.75) is 145 Å². The third kappa shape index (κ3) is 25.4. The summed E-state index contributed by atoms with van der Waals surface area (Å²) in [5.74, 6) is -13.6. The van der Waals surface area contributed by atoms with Gasteiger partial charge >= 0.3 is 5.97 Å². The minimum Gasteiger partial charge on any atom is -0.508 e. The zero-order valence-electron chi connectivity index (χ0n) is 47.4. The fourth-order valence-electron chi connectivity index (χ4n) is 8.64. The van der Waals surface area contributed by atoms with E-state index < -0.39 is 170 Å². The molecule has 0 aliphatic carbocycles. The summed E-state index contributed by atoms with van der Waals surface area (Å²) in [5.41, 5.74) is 34.2. The highest BCUT2D eigenvalue weighted by atomic mass is 33.1. The van der Waals surface area contributed by atoms with Gasteiger partial charge < -0.3 is 97.4 Å². The number of aromatic hydroxyl groups is 1. The van der Waals surface area contributed by atoms with Crippen LogP contribution in [0, 0.1) is 5.92 Å². The van der Waals surface area contributed by atoms with Crippen LogP contribution in [0.2, 0.25) is 0 Å². The molecule has 10 atom stereocenters. The number of carboxylic acids is 1. The molecule has 23 N–H and O–H groups in total. The number of guanidine groups is 1. The normalized spacial score (nSPS) is 22.0. The number of aliphatic carboxylic acids is 1. The number of phenols is 1. The predicted molar refractivity (Wildman–Crippen MR) is 311 cm³/mol. The number of nitrogens with one attached hydrogen (secondary N) is 9. The highest BCUT2D eigenvalue weighted by Crippen LogP contribution is 2.26. The molecule has 0 radical (unpaired) electrons. The lowest BCUT2D eigenvalue weighted by Crippen LogP contribution is -2.61. The number of carbonyl (C=O) groups excluding carboxylic acids is 12. The Morgan fingerprint density at radius 3 is 2.00 bits per heavy atom. The lowest BCUT2D eigenvalue weighted by molar-refractivity contribution is -0.142. The summed E-state index contributed by atoms with van der Waals surface area (Å²) in [7, 11) is 1.94. The summed E-state index contributed by atoms with van der Waals surface area (Å²) >= 11 is 0. The summed E-state index contributed by atoms with van der Waals surface area (Å²) in [6, 6.07) is -7.16. The van der Waals surface area contributed by atoms with Crippen molar-refractivity contribution in [3.8, 4) is 5.75 Å². The fourth-order valence-corrected chi connectivity index (χ4v) is 10.9. The van der Waals surface area contributed by atoms with Crippen LogP contribution in [-0.4, -0.2) is 197 Å². The van der Waals surface area contributed by atoms with Gasteiger partial charge in [0, 0.05) is 37.4 Å². The Bertz CT molecular complexity index is 2560. The average Bonchev–Trinajstić information content (AvgIpc) is 4.05. The van der Waals surface area contributed by atoms with Crippen LogP contribution in [0.3, 0.4) is 0 Å². The quantitative estimate of drug-likeness (QED) is 0.0169. The van der Waals surface area contributed by atoms with Crippen molar-refractivity contribution >= 4 is 104 Å². The molecular weight excluding hydrogens is 1150 g/mol. The smallest absolute Gasteiger partial charge is 0.326 e. The monoisotopic (exact) mass is 1240 g/mol. The van der Waals surface area contributed by atoms with Crippen molar-refractivity contribution < 1.29 is 72.5 Å². The van der Waals surface area contributed by atoms with Crippen LogP contribution < -0.4 is 82.3 Å². The Kier molecular flexibility index (Phi) is 30.7. The maximum absolute atomic E-state index is 14.8. The minimum absolute atomic E-state index is 0.0130. The molecule has 2 aliphatic heterocycles. The maximum Gasteiger partial charge on any atom is 0.326 e. The van der Waals surface area contributed by atoms with E-state index in [4.69, 9.17) is 34.4 Å². The second kappa shape index (κ2) is 36.7. The molecule has 0 saturated carbocycles. The molecular formula is C51H81N17O15S2. The number of hydrogen-bond acceptors (Lipinski definition) is 19. The second-order valence-electron chi connectivity index (χ2n) is 20.3. The van der Waals surface area contributed by atoms with E-state index in [2.05, 4.69) is 52.8 Å². The summed E-state index contributed by atoms with van der Waals surface area (Å²) < 4.78 is 0. The van der Waals surface area contributed by atoms with Gasteiger partial charge in [0.25, 0.3) is 0 Å². The van der Waals surface area contributed by atoms with Crippen LogP contribution in [0.5, 0.6) is 5.75 Å². The average molecular weight is 1240 g/mol.